The molecule has 0 radical (unpaired) electrons. The molecule has 0 aliphatic heterocycles. The van der Waals surface area contributed by atoms with E-state index in [1.54, 1.807) is 7.05 Å². The summed E-state index contributed by atoms with van der Waals surface area (Å²) in [6.45, 7) is 6.53. The van der Waals surface area contributed by atoms with Crippen molar-refractivity contribution in [3.8, 4) is 0 Å². The maximum Gasteiger partial charge on any atom is 0.191 e. The summed E-state index contributed by atoms with van der Waals surface area (Å²) < 4.78 is 5.98. The third kappa shape index (κ3) is 5.78. The van der Waals surface area contributed by atoms with Gasteiger partial charge in [-0.15, -0.1) is 0 Å². The molecule has 1 heterocycles. The molecule has 1 saturated carbocycles. The van der Waals surface area contributed by atoms with Crippen LogP contribution in [-0.4, -0.2) is 37.2 Å². The Balaban J connectivity index is 1.75. The third-order valence-corrected chi connectivity index (χ3v) is 4.79. The first-order valence-corrected chi connectivity index (χ1v) is 9.21. The van der Waals surface area contributed by atoms with Gasteiger partial charge in [0.2, 0.25) is 0 Å². The van der Waals surface area contributed by atoms with Crippen molar-refractivity contribution in [2.24, 2.45) is 10.9 Å². The van der Waals surface area contributed by atoms with Crippen LogP contribution < -0.4 is 10.6 Å². The van der Waals surface area contributed by atoms with Crippen LogP contribution in [0.25, 0.3) is 0 Å². The van der Waals surface area contributed by atoms with Crippen molar-refractivity contribution in [2.45, 2.75) is 58.6 Å². The van der Waals surface area contributed by atoms with E-state index >= 15 is 0 Å². The van der Waals surface area contributed by atoms with Gasteiger partial charge in [0.25, 0.3) is 0 Å². The first kappa shape index (κ1) is 18.7. The average molecular weight is 332 g/mol. The summed E-state index contributed by atoms with van der Waals surface area (Å²) in [7, 11) is 1.80. The Morgan fingerprint density at radius 3 is 2.83 bits per heavy atom. The molecule has 0 spiro atoms. The minimum absolute atomic E-state index is 0.376. The fourth-order valence-electron chi connectivity index (χ4n) is 3.42. The zero-order chi connectivity index (χ0) is 17.2. The van der Waals surface area contributed by atoms with E-state index in [-0.39, 0.29) is 0 Å². The van der Waals surface area contributed by atoms with E-state index in [4.69, 9.17) is 4.74 Å². The molecule has 1 aliphatic rings. The quantitative estimate of drug-likeness (QED) is 0.567. The highest BCUT2D eigenvalue weighted by Crippen LogP contribution is 2.30. The summed E-state index contributed by atoms with van der Waals surface area (Å²) in [6.07, 6.45) is 8.58. The lowest BCUT2D eigenvalue weighted by atomic mass is 9.98. The van der Waals surface area contributed by atoms with Crippen LogP contribution in [0.3, 0.4) is 0 Å². The molecule has 1 fully saturated rings. The molecule has 1 aromatic rings. The zero-order valence-corrected chi connectivity index (χ0v) is 15.3. The number of ether oxygens (including phenoxy) is 1. The summed E-state index contributed by atoms with van der Waals surface area (Å²) in [5.74, 6) is 1.56. The number of guanidine groups is 1. The van der Waals surface area contributed by atoms with E-state index in [1.165, 1.54) is 31.2 Å². The third-order valence-electron chi connectivity index (χ3n) is 4.79. The Kier molecular flexibility index (Phi) is 8.02. The number of nitrogens with one attached hydrogen (secondary N) is 2. The second-order valence-corrected chi connectivity index (χ2v) is 6.45. The number of aromatic nitrogens is 1. The number of pyridine rings is 1. The Hall–Kier alpha value is -1.62. The molecule has 0 aromatic carbocycles. The molecular formula is C19H32N4O. The van der Waals surface area contributed by atoms with Gasteiger partial charge in [0.05, 0.1) is 18.3 Å². The van der Waals surface area contributed by atoms with E-state index in [9.17, 15) is 0 Å². The second kappa shape index (κ2) is 10.3. The van der Waals surface area contributed by atoms with E-state index in [1.807, 2.05) is 12.3 Å². The maximum absolute atomic E-state index is 5.98. The van der Waals surface area contributed by atoms with Crippen LogP contribution in [0.4, 0.5) is 0 Å². The molecule has 1 aromatic heterocycles. The Morgan fingerprint density at radius 1 is 1.38 bits per heavy atom. The predicted molar refractivity (Wildman–Crippen MR) is 99.2 cm³/mol. The van der Waals surface area contributed by atoms with Gasteiger partial charge in [-0.05, 0) is 50.7 Å². The zero-order valence-electron chi connectivity index (χ0n) is 15.3. The standard InChI is InChI=1S/C19H32N4O/c1-4-24-18(16-9-5-6-10-16)11-13-22-19(20-3)23-14-17-15(2)8-7-12-21-17/h7-8,12,16,18H,4-6,9-11,13-14H2,1-3H3,(H2,20,22,23). The SMILES string of the molecule is CCOC(CCNC(=NC)NCc1ncccc1C)C1CCCC1. The molecule has 0 amide bonds. The number of nitrogens with zero attached hydrogens (tertiary/aromatic N) is 2. The summed E-state index contributed by atoms with van der Waals surface area (Å²) in [5.41, 5.74) is 2.25. The van der Waals surface area contributed by atoms with Crippen LogP contribution in [-0.2, 0) is 11.3 Å². The fraction of sp³-hybridized carbons (Fsp3) is 0.684. The minimum atomic E-state index is 0.376. The van der Waals surface area contributed by atoms with Gasteiger partial charge < -0.3 is 15.4 Å². The fourth-order valence-corrected chi connectivity index (χ4v) is 3.42. The molecule has 1 aliphatic carbocycles. The number of aryl methyl sites for hydroxylation is 1. The molecule has 5 nitrogen and oxygen atoms in total. The molecule has 5 heteroatoms. The minimum Gasteiger partial charge on any atom is -0.378 e. The topological polar surface area (TPSA) is 58.5 Å². The molecule has 24 heavy (non-hydrogen) atoms. The van der Waals surface area contributed by atoms with Gasteiger partial charge in [0.1, 0.15) is 0 Å². The first-order chi connectivity index (χ1) is 11.7. The summed E-state index contributed by atoms with van der Waals surface area (Å²) in [5, 5.41) is 6.74. The number of aliphatic imine (C=N–C) groups is 1. The normalized spacial score (nSPS) is 17.0. The monoisotopic (exact) mass is 332 g/mol. The largest absolute Gasteiger partial charge is 0.378 e. The van der Waals surface area contributed by atoms with Gasteiger partial charge >= 0.3 is 0 Å². The molecular weight excluding hydrogens is 300 g/mol. The van der Waals surface area contributed by atoms with Gasteiger partial charge in [0.15, 0.2) is 5.96 Å². The van der Waals surface area contributed by atoms with Crippen LogP contribution in [0, 0.1) is 12.8 Å². The van der Waals surface area contributed by atoms with Gasteiger partial charge in [0, 0.05) is 26.4 Å². The van der Waals surface area contributed by atoms with Crippen LogP contribution in [0.1, 0.15) is 50.3 Å². The average Bonchev–Trinajstić information content (AvgIpc) is 3.12. The van der Waals surface area contributed by atoms with Crippen molar-refractivity contribution in [3.63, 3.8) is 0 Å². The maximum atomic E-state index is 5.98. The van der Waals surface area contributed by atoms with E-state index in [0.717, 1.165) is 37.1 Å². The van der Waals surface area contributed by atoms with Crippen LogP contribution in [0.15, 0.2) is 23.3 Å². The van der Waals surface area contributed by atoms with Crippen LogP contribution in [0.2, 0.25) is 0 Å². The van der Waals surface area contributed by atoms with Gasteiger partial charge in [-0.1, -0.05) is 18.9 Å². The van der Waals surface area contributed by atoms with Crippen molar-refractivity contribution in [3.05, 3.63) is 29.6 Å². The van der Waals surface area contributed by atoms with E-state index in [2.05, 4.69) is 40.5 Å². The van der Waals surface area contributed by atoms with Gasteiger partial charge in [-0.25, -0.2) is 0 Å². The summed E-state index contributed by atoms with van der Waals surface area (Å²) >= 11 is 0. The van der Waals surface area contributed by atoms with Crippen molar-refractivity contribution >= 4 is 5.96 Å². The molecule has 1 unspecified atom stereocenters. The first-order valence-electron chi connectivity index (χ1n) is 9.21. The molecule has 134 valence electrons. The van der Waals surface area contributed by atoms with Crippen molar-refractivity contribution in [2.75, 3.05) is 20.2 Å². The predicted octanol–water partition coefficient (Wildman–Crippen LogP) is 3.04. The van der Waals surface area contributed by atoms with Gasteiger partial charge in [-0.2, -0.15) is 0 Å². The summed E-state index contributed by atoms with van der Waals surface area (Å²) in [6, 6.07) is 4.04. The smallest absolute Gasteiger partial charge is 0.191 e. The van der Waals surface area contributed by atoms with E-state index in [0.29, 0.717) is 12.6 Å². The lowest BCUT2D eigenvalue weighted by molar-refractivity contribution is 0.0169. The summed E-state index contributed by atoms with van der Waals surface area (Å²) in [4.78, 5) is 8.70. The van der Waals surface area contributed by atoms with Crippen molar-refractivity contribution < 1.29 is 4.74 Å². The number of hydrogen-bond donors (Lipinski definition) is 2. The van der Waals surface area contributed by atoms with Crippen molar-refractivity contribution in [1.29, 1.82) is 0 Å². The van der Waals surface area contributed by atoms with Crippen molar-refractivity contribution in [1.82, 2.24) is 15.6 Å². The van der Waals surface area contributed by atoms with Crippen LogP contribution in [0.5, 0.6) is 0 Å². The highest BCUT2D eigenvalue weighted by molar-refractivity contribution is 5.79. The molecule has 0 bridgehead atoms. The Bertz CT molecular complexity index is 512. The van der Waals surface area contributed by atoms with Gasteiger partial charge in [-0.3, -0.25) is 9.98 Å². The van der Waals surface area contributed by atoms with E-state index < -0.39 is 0 Å². The Labute approximate surface area is 146 Å². The second-order valence-electron chi connectivity index (χ2n) is 6.45. The molecule has 2 rings (SSSR count). The lowest BCUT2D eigenvalue weighted by Gasteiger charge is -2.24. The molecule has 2 N–H and O–H groups in total. The molecule has 1 atom stereocenters. The number of rotatable bonds is 8. The number of hydrogen-bond acceptors (Lipinski definition) is 3. The molecule has 0 saturated heterocycles. The Morgan fingerprint density at radius 2 is 2.17 bits per heavy atom. The highest BCUT2D eigenvalue weighted by Gasteiger charge is 2.25. The lowest BCUT2D eigenvalue weighted by Crippen LogP contribution is -2.39. The highest BCUT2D eigenvalue weighted by atomic mass is 16.5. The van der Waals surface area contributed by atoms with Crippen LogP contribution >= 0.6 is 0 Å².